The van der Waals surface area contributed by atoms with Crippen LogP contribution < -0.4 is 5.56 Å². The summed E-state index contributed by atoms with van der Waals surface area (Å²) in [5, 5.41) is 4.42. The maximum Gasteiger partial charge on any atom is 0.267 e. The lowest BCUT2D eigenvalue weighted by atomic mass is 10.1. The first-order chi connectivity index (χ1) is 11.1. The zero-order chi connectivity index (χ0) is 16.4. The van der Waals surface area contributed by atoms with Gasteiger partial charge in [-0.25, -0.2) is 4.68 Å². The Kier molecular flexibility index (Phi) is 4.28. The first-order valence-corrected chi connectivity index (χ1v) is 8.02. The second-order valence-electron chi connectivity index (χ2n) is 6.08. The van der Waals surface area contributed by atoms with E-state index < -0.39 is 6.04 Å². The van der Waals surface area contributed by atoms with Crippen molar-refractivity contribution in [2.45, 2.75) is 32.7 Å². The molecule has 0 N–H and O–H groups in total. The molecule has 1 aromatic carbocycles. The van der Waals surface area contributed by atoms with Gasteiger partial charge in [-0.05, 0) is 32.8 Å². The normalized spacial score (nSPS) is 15.7. The number of aryl methyl sites for hydroxylation is 1. The van der Waals surface area contributed by atoms with Crippen LogP contribution in [0.15, 0.2) is 41.2 Å². The number of amides is 1. The summed E-state index contributed by atoms with van der Waals surface area (Å²) in [5.74, 6) is -0.0295. The van der Waals surface area contributed by atoms with Crippen molar-refractivity contribution < 1.29 is 4.79 Å². The molecule has 0 radical (unpaired) electrons. The molecule has 0 saturated carbocycles. The second kappa shape index (κ2) is 6.36. The highest BCUT2D eigenvalue weighted by atomic mass is 16.2. The summed E-state index contributed by atoms with van der Waals surface area (Å²) in [6.07, 6.45) is 2.06. The van der Waals surface area contributed by atoms with E-state index in [0.717, 1.165) is 31.5 Å². The maximum atomic E-state index is 12.5. The van der Waals surface area contributed by atoms with Crippen molar-refractivity contribution >= 4 is 5.91 Å². The second-order valence-corrected chi connectivity index (χ2v) is 6.08. The monoisotopic (exact) mass is 311 g/mol. The molecule has 120 valence electrons. The number of benzene rings is 1. The topological polar surface area (TPSA) is 55.2 Å². The number of hydrogen-bond acceptors (Lipinski definition) is 3. The minimum absolute atomic E-state index is 0.0295. The third-order valence-corrected chi connectivity index (χ3v) is 4.31. The number of hydrogen-bond donors (Lipinski definition) is 0. The summed E-state index contributed by atoms with van der Waals surface area (Å²) in [5.41, 5.74) is 2.55. The number of nitrogens with zero attached hydrogens (tertiary/aromatic N) is 3. The predicted octanol–water partition coefficient (Wildman–Crippen LogP) is 2.40. The van der Waals surface area contributed by atoms with Gasteiger partial charge in [0.2, 0.25) is 5.91 Å². The average Bonchev–Trinajstić information content (AvgIpc) is 3.09. The fraction of sp³-hybridized carbons (Fsp3) is 0.389. The van der Waals surface area contributed by atoms with Gasteiger partial charge in [-0.3, -0.25) is 9.59 Å². The summed E-state index contributed by atoms with van der Waals surface area (Å²) in [7, 11) is 0. The van der Waals surface area contributed by atoms with Crippen molar-refractivity contribution in [2.24, 2.45) is 0 Å². The van der Waals surface area contributed by atoms with Crippen LogP contribution in [0.4, 0.5) is 0 Å². The quantitative estimate of drug-likeness (QED) is 0.874. The van der Waals surface area contributed by atoms with Gasteiger partial charge >= 0.3 is 0 Å². The van der Waals surface area contributed by atoms with Crippen LogP contribution in [0.5, 0.6) is 0 Å². The summed E-state index contributed by atoms with van der Waals surface area (Å²) in [4.78, 5) is 26.5. The van der Waals surface area contributed by atoms with Gasteiger partial charge in [0.15, 0.2) is 0 Å². The largest absolute Gasteiger partial charge is 0.341 e. The molecule has 1 fully saturated rings. The Morgan fingerprint density at radius 3 is 2.39 bits per heavy atom. The molecule has 0 spiro atoms. The van der Waals surface area contributed by atoms with E-state index in [0.29, 0.717) is 5.69 Å². The first kappa shape index (κ1) is 15.5. The van der Waals surface area contributed by atoms with Gasteiger partial charge in [0.1, 0.15) is 6.04 Å². The Balaban J connectivity index is 1.92. The maximum absolute atomic E-state index is 12.5. The van der Waals surface area contributed by atoms with Gasteiger partial charge in [-0.1, -0.05) is 29.8 Å². The zero-order valence-electron chi connectivity index (χ0n) is 13.5. The fourth-order valence-electron chi connectivity index (χ4n) is 2.89. The fourth-order valence-corrected chi connectivity index (χ4v) is 2.89. The van der Waals surface area contributed by atoms with Gasteiger partial charge in [0, 0.05) is 24.7 Å². The van der Waals surface area contributed by atoms with E-state index in [1.54, 1.807) is 13.0 Å². The van der Waals surface area contributed by atoms with Gasteiger partial charge in [-0.2, -0.15) is 5.10 Å². The highest BCUT2D eigenvalue weighted by molar-refractivity contribution is 5.80. The highest BCUT2D eigenvalue weighted by Gasteiger charge is 2.25. The van der Waals surface area contributed by atoms with Crippen LogP contribution in [-0.2, 0) is 4.79 Å². The summed E-state index contributed by atoms with van der Waals surface area (Å²) in [6, 6.07) is 10.6. The van der Waals surface area contributed by atoms with Crippen LogP contribution >= 0.6 is 0 Å². The molecule has 2 aromatic rings. The third kappa shape index (κ3) is 3.18. The van der Waals surface area contributed by atoms with Gasteiger partial charge in [0.25, 0.3) is 5.56 Å². The van der Waals surface area contributed by atoms with Crippen LogP contribution in [0.25, 0.3) is 11.3 Å². The van der Waals surface area contributed by atoms with Crippen molar-refractivity contribution in [3.8, 4) is 11.3 Å². The Labute approximate surface area is 135 Å². The number of carbonyl (C=O) groups is 1. The van der Waals surface area contributed by atoms with E-state index in [9.17, 15) is 9.59 Å². The van der Waals surface area contributed by atoms with Crippen LogP contribution in [0.2, 0.25) is 0 Å². The molecule has 0 unspecified atom stereocenters. The zero-order valence-corrected chi connectivity index (χ0v) is 13.5. The lowest BCUT2D eigenvalue weighted by Gasteiger charge is -2.21. The Morgan fingerprint density at radius 2 is 1.74 bits per heavy atom. The molecular weight excluding hydrogens is 290 g/mol. The van der Waals surface area contributed by atoms with Crippen molar-refractivity contribution in [1.82, 2.24) is 14.7 Å². The average molecular weight is 311 g/mol. The Morgan fingerprint density at radius 1 is 1.09 bits per heavy atom. The molecule has 1 saturated heterocycles. The minimum atomic E-state index is -0.578. The van der Waals surface area contributed by atoms with E-state index in [4.69, 9.17) is 0 Å². The Hall–Kier alpha value is -2.43. The van der Waals surface area contributed by atoms with Gasteiger partial charge in [0.05, 0.1) is 5.69 Å². The molecule has 1 aromatic heterocycles. The third-order valence-electron chi connectivity index (χ3n) is 4.31. The molecule has 0 bridgehead atoms. The van der Waals surface area contributed by atoms with Crippen molar-refractivity contribution in [2.75, 3.05) is 13.1 Å². The molecule has 1 amide bonds. The van der Waals surface area contributed by atoms with E-state index in [-0.39, 0.29) is 11.5 Å². The Bertz CT molecular complexity index is 759. The number of likely N-dealkylation sites (tertiary alicyclic amines) is 1. The molecule has 23 heavy (non-hydrogen) atoms. The number of carbonyl (C=O) groups excluding carboxylic acids is 1. The van der Waals surface area contributed by atoms with E-state index in [1.807, 2.05) is 36.1 Å². The molecule has 5 nitrogen and oxygen atoms in total. The van der Waals surface area contributed by atoms with Crippen LogP contribution in [0, 0.1) is 6.92 Å². The smallest absolute Gasteiger partial charge is 0.267 e. The molecule has 5 heteroatoms. The molecular formula is C18H21N3O2. The van der Waals surface area contributed by atoms with E-state index >= 15 is 0 Å². The van der Waals surface area contributed by atoms with Crippen LogP contribution in [-0.4, -0.2) is 33.7 Å². The minimum Gasteiger partial charge on any atom is -0.341 e. The molecule has 1 atom stereocenters. The predicted molar refractivity (Wildman–Crippen MR) is 89.2 cm³/mol. The molecule has 0 aliphatic carbocycles. The lowest BCUT2D eigenvalue weighted by Crippen LogP contribution is -2.38. The summed E-state index contributed by atoms with van der Waals surface area (Å²) < 4.78 is 1.30. The van der Waals surface area contributed by atoms with E-state index in [2.05, 4.69) is 5.10 Å². The standard InChI is InChI=1S/C18H21N3O2/c1-13-5-7-15(8-6-13)16-9-10-17(22)21(19-16)14(2)18(23)20-11-3-4-12-20/h5-10,14H,3-4,11-12H2,1-2H3/t14-/m0/s1. The number of rotatable bonds is 3. The van der Waals surface area contributed by atoms with Crippen LogP contribution in [0.3, 0.4) is 0 Å². The van der Waals surface area contributed by atoms with E-state index in [1.165, 1.54) is 16.3 Å². The number of aromatic nitrogens is 2. The van der Waals surface area contributed by atoms with Gasteiger partial charge in [-0.15, -0.1) is 0 Å². The van der Waals surface area contributed by atoms with Gasteiger partial charge < -0.3 is 4.90 Å². The lowest BCUT2D eigenvalue weighted by molar-refractivity contribution is -0.133. The highest BCUT2D eigenvalue weighted by Crippen LogP contribution is 2.18. The van der Waals surface area contributed by atoms with Crippen molar-refractivity contribution in [3.63, 3.8) is 0 Å². The molecule has 3 rings (SSSR count). The van der Waals surface area contributed by atoms with Crippen LogP contribution in [0.1, 0.15) is 31.4 Å². The molecule has 2 heterocycles. The molecule has 1 aliphatic heterocycles. The van der Waals surface area contributed by atoms with Crippen molar-refractivity contribution in [1.29, 1.82) is 0 Å². The summed E-state index contributed by atoms with van der Waals surface area (Å²) in [6.45, 7) is 5.31. The van der Waals surface area contributed by atoms with Crippen molar-refractivity contribution in [3.05, 3.63) is 52.3 Å². The SMILES string of the molecule is Cc1ccc(-c2ccc(=O)n([C@@H](C)C(=O)N3CCCC3)n2)cc1. The molecule has 1 aliphatic rings. The summed E-state index contributed by atoms with van der Waals surface area (Å²) >= 11 is 0. The first-order valence-electron chi connectivity index (χ1n) is 8.02.